The fourth-order valence-corrected chi connectivity index (χ4v) is 1.91. The largest absolute Gasteiger partial charge is 0.399 e. The second-order valence-electron chi connectivity index (χ2n) is 4.06. The van der Waals surface area contributed by atoms with Crippen molar-refractivity contribution in [2.24, 2.45) is 0 Å². The first-order valence-corrected chi connectivity index (χ1v) is 5.59. The zero-order valence-corrected chi connectivity index (χ0v) is 9.55. The molecule has 0 saturated heterocycles. The van der Waals surface area contributed by atoms with Gasteiger partial charge >= 0.3 is 0 Å². The third-order valence-corrected chi connectivity index (χ3v) is 2.76. The van der Waals surface area contributed by atoms with E-state index in [-0.39, 0.29) is 5.56 Å². The lowest BCUT2D eigenvalue weighted by Gasteiger charge is -2.03. The van der Waals surface area contributed by atoms with Gasteiger partial charge < -0.3 is 10.7 Å². The van der Waals surface area contributed by atoms with Gasteiger partial charge in [0.05, 0.1) is 11.0 Å². The number of fused-ring (bicyclic) bond motifs is 1. The van der Waals surface area contributed by atoms with Crippen LogP contribution in [-0.4, -0.2) is 9.97 Å². The van der Waals surface area contributed by atoms with Crippen LogP contribution < -0.4 is 11.3 Å². The molecular formula is C14H11N3O. The zero-order valence-electron chi connectivity index (χ0n) is 9.55. The summed E-state index contributed by atoms with van der Waals surface area (Å²) in [6.07, 6.45) is 0. The number of hydrogen-bond acceptors (Lipinski definition) is 3. The molecule has 0 fully saturated rings. The zero-order chi connectivity index (χ0) is 12.5. The summed E-state index contributed by atoms with van der Waals surface area (Å²) in [5.41, 5.74) is 8.73. The van der Waals surface area contributed by atoms with Gasteiger partial charge in [0, 0.05) is 11.3 Å². The van der Waals surface area contributed by atoms with Crippen molar-refractivity contribution in [2.45, 2.75) is 0 Å². The third kappa shape index (κ3) is 1.73. The van der Waals surface area contributed by atoms with Crippen LogP contribution in [0.5, 0.6) is 0 Å². The molecule has 0 aliphatic carbocycles. The summed E-state index contributed by atoms with van der Waals surface area (Å²) in [4.78, 5) is 19.2. The molecular weight excluding hydrogens is 226 g/mol. The van der Waals surface area contributed by atoms with Crippen LogP contribution in [0, 0.1) is 0 Å². The van der Waals surface area contributed by atoms with E-state index in [1.807, 2.05) is 30.3 Å². The summed E-state index contributed by atoms with van der Waals surface area (Å²) in [7, 11) is 0. The maximum absolute atomic E-state index is 12.0. The Labute approximate surface area is 103 Å². The highest BCUT2D eigenvalue weighted by Crippen LogP contribution is 2.17. The molecule has 0 amide bonds. The van der Waals surface area contributed by atoms with Crippen LogP contribution >= 0.6 is 0 Å². The Morgan fingerprint density at radius 3 is 2.72 bits per heavy atom. The minimum absolute atomic E-state index is 0.209. The normalized spacial score (nSPS) is 10.7. The Hall–Kier alpha value is -2.62. The van der Waals surface area contributed by atoms with Crippen molar-refractivity contribution in [3.05, 3.63) is 58.9 Å². The van der Waals surface area contributed by atoms with E-state index in [0.29, 0.717) is 11.4 Å². The molecule has 0 bridgehead atoms. The highest BCUT2D eigenvalue weighted by molar-refractivity contribution is 5.77. The van der Waals surface area contributed by atoms with Crippen molar-refractivity contribution in [1.29, 1.82) is 0 Å². The van der Waals surface area contributed by atoms with Gasteiger partial charge in [-0.15, -0.1) is 0 Å². The van der Waals surface area contributed by atoms with Crippen LogP contribution in [0.15, 0.2) is 53.3 Å². The second-order valence-corrected chi connectivity index (χ2v) is 4.06. The van der Waals surface area contributed by atoms with E-state index in [0.717, 1.165) is 16.6 Å². The summed E-state index contributed by atoms with van der Waals surface area (Å²) in [6.45, 7) is 0. The van der Waals surface area contributed by atoms with Crippen LogP contribution in [0.4, 0.5) is 5.69 Å². The highest BCUT2D eigenvalue weighted by Gasteiger charge is 2.07. The van der Waals surface area contributed by atoms with Crippen molar-refractivity contribution in [1.82, 2.24) is 9.97 Å². The number of benzene rings is 2. The highest BCUT2D eigenvalue weighted by atomic mass is 16.1. The lowest BCUT2D eigenvalue weighted by Crippen LogP contribution is -2.11. The van der Waals surface area contributed by atoms with E-state index in [2.05, 4.69) is 9.97 Å². The number of rotatable bonds is 1. The van der Waals surface area contributed by atoms with E-state index in [9.17, 15) is 4.79 Å². The first-order chi connectivity index (χ1) is 8.74. The molecule has 4 heteroatoms. The number of nitrogens with zero attached hydrogens (tertiary/aromatic N) is 1. The van der Waals surface area contributed by atoms with Gasteiger partial charge in [-0.1, -0.05) is 24.3 Å². The fraction of sp³-hybridized carbons (Fsp3) is 0. The number of anilines is 1. The number of nitrogen functional groups attached to an aromatic ring is 1. The molecule has 4 nitrogen and oxygen atoms in total. The monoisotopic (exact) mass is 237 g/mol. The average Bonchev–Trinajstić information content (AvgIpc) is 2.38. The topological polar surface area (TPSA) is 71.8 Å². The Morgan fingerprint density at radius 2 is 1.89 bits per heavy atom. The van der Waals surface area contributed by atoms with Gasteiger partial charge in [0.15, 0.2) is 0 Å². The lowest BCUT2D eigenvalue weighted by atomic mass is 10.1. The van der Waals surface area contributed by atoms with Gasteiger partial charge in [-0.05, 0) is 24.3 Å². The first-order valence-electron chi connectivity index (χ1n) is 5.59. The van der Waals surface area contributed by atoms with E-state index < -0.39 is 0 Å². The number of aromatic amines is 1. The Kier molecular flexibility index (Phi) is 2.34. The average molecular weight is 237 g/mol. The molecule has 3 aromatic rings. The SMILES string of the molecule is Nc1cccc(-c2nc3ccccc3[nH]c2=O)c1. The predicted molar refractivity (Wildman–Crippen MR) is 72.2 cm³/mol. The molecule has 0 aliphatic heterocycles. The number of H-pyrrole nitrogens is 1. The van der Waals surface area contributed by atoms with Crippen molar-refractivity contribution in [2.75, 3.05) is 5.73 Å². The van der Waals surface area contributed by atoms with Crippen molar-refractivity contribution >= 4 is 16.7 Å². The van der Waals surface area contributed by atoms with Gasteiger partial charge in [0.25, 0.3) is 5.56 Å². The maximum Gasteiger partial charge on any atom is 0.274 e. The maximum atomic E-state index is 12.0. The van der Waals surface area contributed by atoms with E-state index >= 15 is 0 Å². The van der Waals surface area contributed by atoms with E-state index in [4.69, 9.17) is 5.73 Å². The van der Waals surface area contributed by atoms with E-state index in [1.54, 1.807) is 18.2 Å². The van der Waals surface area contributed by atoms with Gasteiger partial charge in [0.2, 0.25) is 0 Å². The van der Waals surface area contributed by atoms with Crippen molar-refractivity contribution in [3.8, 4) is 11.3 Å². The van der Waals surface area contributed by atoms with Crippen LogP contribution in [-0.2, 0) is 0 Å². The molecule has 1 aromatic heterocycles. The van der Waals surface area contributed by atoms with Gasteiger partial charge in [-0.3, -0.25) is 4.79 Å². The Balaban J connectivity index is 2.29. The molecule has 88 valence electrons. The van der Waals surface area contributed by atoms with Gasteiger partial charge in [-0.2, -0.15) is 0 Å². The molecule has 0 radical (unpaired) electrons. The predicted octanol–water partition coefficient (Wildman–Crippen LogP) is 2.17. The fourth-order valence-electron chi connectivity index (χ4n) is 1.91. The molecule has 0 atom stereocenters. The van der Waals surface area contributed by atoms with Gasteiger partial charge in [0.1, 0.15) is 5.69 Å². The Morgan fingerprint density at radius 1 is 1.06 bits per heavy atom. The van der Waals surface area contributed by atoms with Crippen LogP contribution in [0.2, 0.25) is 0 Å². The number of nitrogens with one attached hydrogen (secondary N) is 1. The standard InChI is InChI=1S/C14H11N3O/c15-10-5-3-4-9(8-10)13-14(18)17-12-7-2-1-6-11(12)16-13/h1-8H,15H2,(H,17,18). The third-order valence-electron chi connectivity index (χ3n) is 2.76. The number of aromatic nitrogens is 2. The lowest BCUT2D eigenvalue weighted by molar-refractivity contribution is 1.22. The molecule has 0 spiro atoms. The van der Waals surface area contributed by atoms with Crippen LogP contribution in [0.3, 0.4) is 0 Å². The number of para-hydroxylation sites is 2. The molecule has 3 rings (SSSR count). The summed E-state index contributed by atoms with van der Waals surface area (Å²) in [5.74, 6) is 0. The molecule has 1 heterocycles. The summed E-state index contributed by atoms with van der Waals surface area (Å²) < 4.78 is 0. The molecule has 0 unspecified atom stereocenters. The molecule has 0 aliphatic rings. The molecule has 18 heavy (non-hydrogen) atoms. The number of nitrogens with two attached hydrogens (primary N) is 1. The second kappa shape index (κ2) is 4.00. The van der Waals surface area contributed by atoms with Crippen LogP contribution in [0.1, 0.15) is 0 Å². The minimum Gasteiger partial charge on any atom is -0.399 e. The van der Waals surface area contributed by atoms with Crippen molar-refractivity contribution in [3.63, 3.8) is 0 Å². The smallest absolute Gasteiger partial charge is 0.274 e. The molecule has 2 aromatic carbocycles. The minimum atomic E-state index is -0.209. The molecule has 3 N–H and O–H groups in total. The first kappa shape index (κ1) is 10.5. The van der Waals surface area contributed by atoms with Gasteiger partial charge in [-0.25, -0.2) is 4.98 Å². The molecule has 0 saturated carbocycles. The summed E-state index contributed by atoms with van der Waals surface area (Å²) in [6, 6.07) is 14.6. The Bertz CT molecular complexity index is 777. The summed E-state index contributed by atoms with van der Waals surface area (Å²) >= 11 is 0. The number of hydrogen-bond donors (Lipinski definition) is 2. The quantitative estimate of drug-likeness (QED) is 0.637. The summed E-state index contributed by atoms with van der Waals surface area (Å²) in [5, 5.41) is 0. The van der Waals surface area contributed by atoms with E-state index in [1.165, 1.54) is 0 Å². The van der Waals surface area contributed by atoms with Crippen molar-refractivity contribution < 1.29 is 0 Å². The van der Waals surface area contributed by atoms with Crippen LogP contribution in [0.25, 0.3) is 22.3 Å².